The molecule has 2 fully saturated rings. The molecule has 4 aromatic rings. The fraction of sp³-hybridized carbons (Fsp3) is 0.325. The number of pyridine rings is 2. The van der Waals surface area contributed by atoms with Crippen molar-refractivity contribution in [1.29, 1.82) is 0 Å². The van der Waals surface area contributed by atoms with Crippen LogP contribution in [0.25, 0.3) is 10.6 Å². The van der Waals surface area contributed by atoms with Gasteiger partial charge in [-0.25, -0.2) is 9.37 Å². The van der Waals surface area contributed by atoms with Crippen molar-refractivity contribution in [2.24, 2.45) is 11.1 Å². The third-order valence-electron chi connectivity index (χ3n) is 10.3. The molecule has 3 aliphatic heterocycles. The van der Waals surface area contributed by atoms with Gasteiger partial charge in [-0.05, 0) is 118 Å². The fourth-order valence-corrected chi connectivity index (χ4v) is 8.31. The topological polar surface area (TPSA) is 143 Å². The average Bonchev–Trinajstić information content (AvgIpc) is 3.52. The number of aromatic nitrogens is 2. The first kappa shape index (κ1) is 36.1. The van der Waals surface area contributed by atoms with E-state index < -0.39 is 11.7 Å². The molecule has 53 heavy (non-hydrogen) atoms. The van der Waals surface area contributed by atoms with Crippen molar-refractivity contribution < 1.29 is 23.5 Å². The molecule has 1 spiro atoms. The SMILES string of the molecule is CC(=C/N)/C=C(/C(=O)Nc1ccc(C(=O)N2CCc3cc(C(=O)Nc4ncccc4F)sc3-c3nc(C)ccc32)cc1)C(C)N1CC2(CCOCC2)C1. The Hall–Kier alpha value is -5.24. The predicted octanol–water partition coefficient (Wildman–Crippen LogP) is 6.34. The summed E-state index contributed by atoms with van der Waals surface area (Å²) in [5, 5.41) is 5.59. The number of hydrogen-bond donors (Lipinski definition) is 3. The Kier molecular flexibility index (Phi) is 10.2. The minimum absolute atomic E-state index is 0.114. The van der Waals surface area contributed by atoms with Gasteiger partial charge in [0, 0.05) is 73.0 Å². The predicted molar refractivity (Wildman–Crippen MR) is 204 cm³/mol. The van der Waals surface area contributed by atoms with E-state index in [9.17, 15) is 18.8 Å². The van der Waals surface area contributed by atoms with Gasteiger partial charge in [-0.2, -0.15) is 0 Å². The highest BCUT2D eigenvalue weighted by molar-refractivity contribution is 7.17. The molecule has 4 N–H and O–H groups in total. The number of benzene rings is 1. The van der Waals surface area contributed by atoms with Crippen LogP contribution in [0.15, 0.2) is 84.2 Å². The molecular formula is C40H42FN7O4S. The monoisotopic (exact) mass is 735 g/mol. The Morgan fingerprint density at radius 2 is 1.83 bits per heavy atom. The van der Waals surface area contributed by atoms with Gasteiger partial charge in [0.25, 0.3) is 17.7 Å². The van der Waals surface area contributed by atoms with Gasteiger partial charge in [0.1, 0.15) is 5.69 Å². The molecule has 1 atom stereocenters. The van der Waals surface area contributed by atoms with Crippen LogP contribution in [-0.2, 0) is 16.0 Å². The molecule has 6 heterocycles. The van der Waals surface area contributed by atoms with Crippen molar-refractivity contribution in [3.8, 4) is 10.6 Å². The van der Waals surface area contributed by atoms with Gasteiger partial charge in [0.2, 0.25) is 0 Å². The van der Waals surface area contributed by atoms with E-state index >= 15 is 0 Å². The van der Waals surface area contributed by atoms with Crippen molar-refractivity contribution in [3.05, 3.63) is 112 Å². The number of aryl methyl sites for hydroxylation is 1. The third-order valence-corrected chi connectivity index (χ3v) is 11.5. The number of ether oxygens (including phenoxy) is 1. The molecule has 1 aromatic carbocycles. The summed E-state index contributed by atoms with van der Waals surface area (Å²) in [5.74, 6) is -1.67. The first-order valence-electron chi connectivity index (χ1n) is 17.7. The first-order valence-corrected chi connectivity index (χ1v) is 18.5. The molecule has 0 aliphatic carbocycles. The lowest BCUT2D eigenvalue weighted by atomic mass is 9.72. The number of rotatable bonds is 8. The highest BCUT2D eigenvalue weighted by Gasteiger charge is 2.46. The minimum Gasteiger partial charge on any atom is -0.404 e. The molecule has 0 bridgehead atoms. The highest BCUT2D eigenvalue weighted by atomic mass is 32.1. The molecule has 3 aliphatic rings. The number of allylic oxidation sites excluding steroid dienone is 2. The Labute approximate surface area is 311 Å². The van der Waals surface area contributed by atoms with Crippen LogP contribution in [0.4, 0.5) is 21.6 Å². The number of amides is 3. The van der Waals surface area contributed by atoms with E-state index in [-0.39, 0.29) is 29.1 Å². The van der Waals surface area contributed by atoms with Crippen molar-refractivity contribution in [2.75, 3.05) is 48.4 Å². The van der Waals surface area contributed by atoms with E-state index in [4.69, 9.17) is 15.5 Å². The largest absolute Gasteiger partial charge is 0.404 e. The van der Waals surface area contributed by atoms with Crippen LogP contribution < -0.4 is 21.3 Å². The molecule has 0 radical (unpaired) electrons. The number of anilines is 3. The van der Waals surface area contributed by atoms with Gasteiger partial charge < -0.3 is 26.0 Å². The molecule has 274 valence electrons. The molecule has 7 rings (SSSR count). The normalized spacial score (nSPS) is 17.6. The van der Waals surface area contributed by atoms with Gasteiger partial charge in [-0.1, -0.05) is 0 Å². The van der Waals surface area contributed by atoms with Crippen molar-refractivity contribution in [2.45, 2.75) is 46.1 Å². The van der Waals surface area contributed by atoms with Gasteiger partial charge in [0.15, 0.2) is 11.6 Å². The Morgan fingerprint density at radius 3 is 2.55 bits per heavy atom. The molecule has 2 saturated heterocycles. The molecule has 0 saturated carbocycles. The molecule has 13 heteroatoms. The van der Waals surface area contributed by atoms with Gasteiger partial charge in [-0.15, -0.1) is 11.3 Å². The van der Waals surface area contributed by atoms with E-state index in [1.54, 1.807) is 35.2 Å². The summed E-state index contributed by atoms with van der Waals surface area (Å²) in [6.45, 7) is 9.57. The number of carbonyl (C=O) groups excluding carboxylic acids is 3. The summed E-state index contributed by atoms with van der Waals surface area (Å²) in [6, 6.07) is 15.0. The molecule has 1 unspecified atom stereocenters. The van der Waals surface area contributed by atoms with E-state index in [0.29, 0.717) is 46.0 Å². The summed E-state index contributed by atoms with van der Waals surface area (Å²) in [6.07, 6.45) is 7.30. The lowest BCUT2D eigenvalue weighted by Crippen LogP contribution is -2.61. The van der Waals surface area contributed by atoms with Gasteiger partial charge in [-0.3, -0.25) is 24.3 Å². The number of nitrogens with two attached hydrogens (primary N) is 1. The lowest BCUT2D eigenvalue weighted by Gasteiger charge is -2.54. The average molecular weight is 736 g/mol. The quantitative estimate of drug-likeness (QED) is 0.141. The number of thiophene rings is 1. The van der Waals surface area contributed by atoms with Crippen molar-refractivity contribution in [3.63, 3.8) is 0 Å². The zero-order chi connectivity index (χ0) is 37.3. The summed E-state index contributed by atoms with van der Waals surface area (Å²) < 4.78 is 19.8. The number of hydrogen-bond acceptors (Lipinski definition) is 9. The number of nitrogens with zero attached hydrogens (tertiary/aromatic N) is 4. The second-order valence-electron chi connectivity index (χ2n) is 14.0. The zero-order valence-corrected chi connectivity index (χ0v) is 30.8. The maximum Gasteiger partial charge on any atom is 0.266 e. The van der Waals surface area contributed by atoms with Crippen LogP contribution in [0.2, 0.25) is 0 Å². The fourth-order valence-electron chi connectivity index (χ4n) is 7.20. The standard InChI is InChI=1S/C40H42FN7O4S/c1-24(21-42)19-30(26(3)47-22-40(23-47)13-17-52-18-14-40)37(49)45-29-9-7-27(8-10-29)39(51)48-16-12-28-20-33(38(50)46-36-31(41)5-4-15-43-36)53-35(28)34-32(48)11-6-25(2)44-34/h4-11,15,19-21,26H,12-14,16-18,22-23,42H2,1-3H3,(H,45,49)(H,43,46,50)/b24-21-,30-19+. The number of carbonyl (C=O) groups is 3. The maximum absolute atomic E-state index is 14.2. The first-order chi connectivity index (χ1) is 25.5. The Balaban J connectivity index is 1.07. The van der Waals surface area contributed by atoms with E-state index in [1.165, 1.54) is 35.9 Å². The molecule has 3 aromatic heterocycles. The van der Waals surface area contributed by atoms with E-state index in [2.05, 4.69) is 27.4 Å². The van der Waals surface area contributed by atoms with Gasteiger partial charge >= 0.3 is 0 Å². The molecular weight excluding hydrogens is 694 g/mol. The van der Waals surface area contributed by atoms with Crippen LogP contribution in [0.5, 0.6) is 0 Å². The van der Waals surface area contributed by atoms with Crippen molar-refractivity contribution in [1.82, 2.24) is 14.9 Å². The van der Waals surface area contributed by atoms with Crippen molar-refractivity contribution >= 4 is 46.3 Å². The van der Waals surface area contributed by atoms with E-state index in [1.807, 2.05) is 32.1 Å². The zero-order valence-electron chi connectivity index (χ0n) is 29.9. The highest BCUT2D eigenvalue weighted by Crippen LogP contribution is 2.43. The van der Waals surface area contributed by atoms with Crippen LogP contribution >= 0.6 is 11.3 Å². The molecule has 11 nitrogen and oxygen atoms in total. The number of halogens is 1. The van der Waals surface area contributed by atoms with E-state index in [0.717, 1.165) is 60.9 Å². The second-order valence-corrected chi connectivity index (χ2v) is 15.1. The minimum atomic E-state index is -0.622. The van der Waals surface area contributed by atoms with Gasteiger partial charge in [0.05, 0.1) is 15.4 Å². The summed E-state index contributed by atoms with van der Waals surface area (Å²) >= 11 is 1.25. The Bertz CT molecular complexity index is 2120. The van der Waals surface area contributed by atoms with Crippen LogP contribution in [0.3, 0.4) is 0 Å². The Morgan fingerprint density at radius 1 is 1.08 bits per heavy atom. The number of likely N-dealkylation sites (tertiary alicyclic amines) is 1. The third kappa shape index (κ3) is 7.50. The second kappa shape index (κ2) is 15.0. The van der Waals surface area contributed by atoms with Crippen LogP contribution in [-0.4, -0.2) is 71.5 Å². The lowest BCUT2D eigenvalue weighted by molar-refractivity contribution is -0.116. The summed E-state index contributed by atoms with van der Waals surface area (Å²) in [7, 11) is 0. The number of nitrogens with one attached hydrogen (secondary N) is 2. The maximum atomic E-state index is 14.2. The smallest absolute Gasteiger partial charge is 0.266 e. The van der Waals surface area contributed by atoms with Crippen LogP contribution in [0.1, 0.15) is 58.0 Å². The summed E-state index contributed by atoms with van der Waals surface area (Å²) in [4.78, 5) is 54.8. The summed E-state index contributed by atoms with van der Waals surface area (Å²) in [5.41, 5.74) is 11.3. The van der Waals surface area contributed by atoms with Crippen LogP contribution in [0, 0.1) is 18.2 Å². The number of fused-ring (bicyclic) bond motifs is 3. The molecule has 3 amide bonds.